The maximum Gasteiger partial charge on any atom is 0.289 e. The highest BCUT2D eigenvalue weighted by molar-refractivity contribution is 6.01. The lowest BCUT2D eigenvalue weighted by atomic mass is 10.0. The summed E-state index contributed by atoms with van der Waals surface area (Å²) in [6.07, 6.45) is 3.01. The standard InChI is InChI=1S/C22H20FN5O3/c1-12-6-4-7-14(17(12)23)18-13(2)10-25-19(27-18)21(29)26-15-11-31-16-8-5-9-24-20(16)28(3)22(15)30/h4-10,15H,11H2,1-3H3,(H,26,29)/t15-/m0/s1. The van der Waals surface area contributed by atoms with Crippen molar-refractivity contribution in [3.05, 3.63) is 65.5 Å². The molecule has 0 bridgehead atoms. The minimum Gasteiger partial charge on any atom is -0.487 e. The molecule has 1 aliphatic rings. The van der Waals surface area contributed by atoms with Crippen LogP contribution in [-0.4, -0.2) is 46.5 Å². The van der Waals surface area contributed by atoms with Crippen LogP contribution in [0.1, 0.15) is 21.7 Å². The minimum absolute atomic E-state index is 0.0706. The molecular weight excluding hydrogens is 401 g/mol. The Bertz CT molecular complexity index is 1180. The van der Waals surface area contributed by atoms with Crippen molar-refractivity contribution < 1.29 is 18.7 Å². The summed E-state index contributed by atoms with van der Waals surface area (Å²) in [6, 6.07) is 7.41. The molecule has 8 nitrogen and oxygen atoms in total. The van der Waals surface area contributed by atoms with Gasteiger partial charge in [0.05, 0.1) is 5.69 Å². The summed E-state index contributed by atoms with van der Waals surface area (Å²) in [5, 5.41) is 2.61. The van der Waals surface area contributed by atoms with Gasteiger partial charge in [-0.05, 0) is 43.2 Å². The molecule has 4 rings (SSSR count). The third-order valence-electron chi connectivity index (χ3n) is 5.03. The summed E-state index contributed by atoms with van der Waals surface area (Å²) in [5.74, 6) is -0.815. The molecule has 0 unspecified atom stereocenters. The second-order valence-corrected chi connectivity index (χ2v) is 7.22. The molecule has 0 saturated carbocycles. The van der Waals surface area contributed by atoms with E-state index in [2.05, 4.69) is 20.3 Å². The van der Waals surface area contributed by atoms with E-state index in [9.17, 15) is 14.0 Å². The Kier molecular flexibility index (Phi) is 5.33. The lowest BCUT2D eigenvalue weighted by Crippen LogP contribution is -2.49. The van der Waals surface area contributed by atoms with Crippen molar-refractivity contribution in [2.75, 3.05) is 18.6 Å². The van der Waals surface area contributed by atoms with Gasteiger partial charge >= 0.3 is 0 Å². The average molecular weight is 421 g/mol. The number of likely N-dealkylation sites (N-methyl/N-ethyl adjacent to an activating group) is 1. The Balaban J connectivity index is 1.60. The number of carbonyl (C=O) groups excluding carboxylic acids is 2. The number of amides is 2. The predicted molar refractivity (Wildman–Crippen MR) is 111 cm³/mol. The maximum absolute atomic E-state index is 14.6. The Morgan fingerprint density at radius 3 is 2.81 bits per heavy atom. The first-order valence-electron chi connectivity index (χ1n) is 9.62. The normalized spacial score (nSPS) is 15.7. The van der Waals surface area contributed by atoms with Gasteiger partial charge in [-0.15, -0.1) is 0 Å². The lowest BCUT2D eigenvalue weighted by molar-refractivity contribution is -0.120. The molecule has 31 heavy (non-hydrogen) atoms. The van der Waals surface area contributed by atoms with E-state index in [0.717, 1.165) is 0 Å². The third kappa shape index (κ3) is 3.81. The number of anilines is 1. The number of carbonyl (C=O) groups is 2. The van der Waals surface area contributed by atoms with E-state index in [1.54, 1.807) is 57.4 Å². The molecule has 0 saturated heterocycles. The summed E-state index contributed by atoms with van der Waals surface area (Å²) in [6.45, 7) is 3.32. The molecule has 2 aromatic heterocycles. The molecule has 0 aliphatic carbocycles. The number of fused-ring (bicyclic) bond motifs is 1. The summed E-state index contributed by atoms with van der Waals surface area (Å²) >= 11 is 0. The number of hydrogen-bond donors (Lipinski definition) is 1. The van der Waals surface area contributed by atoms with Crippen molar-refractivity contribution in [2.45, 2.75) is 19.9 Å². The molecular formula is C22H20FN5O3. The zero-order valence-corrected chi connectivity index (χ0v) is 17.2. The number of pyridine rings is 1. The van der Waals surface area contributed by atoms with E-state index in [1.165, 1.54) is 11.1 Å². The number of nitrogens with one attached hydrogen (secondary N) is 1. The molecule has 158 valence electrons. The number of aromatic nitrogens is 3. The quantitative estimate of drug-likeness (QED) is 0.698. The molecule has 1 aliphatic heterocycles. The van der Waals surface area contributed by atoms with Crippen molar-refractivity contribution in [2.24, 2.45) is 0 Å². The van der Waals surface area contributed by atoms with Crippen LogP contribution in [0, 0.1) is 19.7 Å². The van der Waals surface area contributed by atoms with Crippen LogP contribution in [-0.2, 0) is 4.79 Å². The van der Waals surface area contributed by atoms with E-state index in [4.69, 9.17) is 4.74 Å². The minimum atomic E-state index is -0.962. The maximum atomic E-state index is 14.6. The Morgan fingerprint density at radius 1 is 1.19 bits per heavy atom. The number of ether oxygens (including phenoxy) is 1. The topological polar surface area (TPSA) is 97.3 Å². The number of aryl methyl sites for hydroxylation is 2. The van der Waals surface area contributed by atoms with E-state index >= 15 is 0 Å². The Labute approximate surface area is 178 Å². The highest BCUT2D eigenvalue weighted by Gasteiger charge is 2.32. The van der Waals surface area contributed by atoms with Crippen molar-refractivity contribution in [3.8, 4) is 17.0 Å². The van der Waals surface area contributed by atoms with Gasteiger partial charge in [0.2, 0.25) is 5.82 Å². The fourth-order valence-corrected chi connectivity index (χ4v) is 3.31. The van der Waals surface area contributed by atoms with E-state index in [0.29, 0.717) is 28.4 Å². The van der Waals surface area contributed by atoms with Gasteiger partial charge in [0.25, 0.3) is 11.8 Å². The SMILES string of the molecule is Cc1cnc(C(=O)N[C@H]2COc3cccnc3N(C)C2=O)nc1-c1cccc(C)c1F. The van der Waals surface area contributed by atoms with Crippen LogP contribution in [0.25, 0.3) is 11.3 Å². The third-order valence-corrected chi connectivity index (χ3v) is 5.03. The molecule has 0 fully saturated rings. The summed E-state index contributed by atoms with van der Waals surface area (Å²) < 4.78 is 20.3. The van der Waals surface area contributed by atoms with Crippen LogP contribution < -0.4 is 15.0 Å². The number of benzene rings is 1. The first-order valence-corrected chi connectivity index (χ1v) is 9.62. The van der Waals surface area contributed by atoms with Crippen LogP contribution in [0.4, 0.5) is 10.2 Å². The van der Waals surface area contributed by atoms with Crippen molar-refractivity contribution in [1.82, 2.24) is 20.3 Å². The van der Waals surface area contributed by atoms with Gasteiger partial charge in [0.1, 0.15) is 18.5 Å². The van der Waals surface area contributed by atoms with Crippen LogP contribution in [0.5, 0.6) is 5.75 Å². The fraction of sp³-hybridized carbons (Fsp3) is 0.227. The van der Waals surface area contributed by atoms with Crippen molar-refractivity contribution in [3.63, 3.8) is 0 Å². The second-order valence-electron chi connectivity index (χ2n) is 7.22. The molecule has 9 heteroatoms. The van der Waals surface area contributed by atoms with Gasteiger partial charge in [-0.3, -0.25) is 14.5 Å². The highest BCUT2D eigenvalue weighted by atomic mass is 19.1. The van der Waals surface area contributed by atoms with Gasteiger partial charge in [-0.1, -0.05) is 12.1 Å². The molecule has 0 radical (unpaired) electrons. The number of halogens is 1. The fourth-order valence-electron chi connectivity index (χ4n) is 3.31. The highest BCUT2D eigenvalue weighted by Crippen LogP contribution is 2.28. The van der Waals surface area contributed by atoms with E-state index < -0.39 is 17.8 Å². The van der Waals surface area contributed by atoms with Crippen molar-refractivity contribution >= 4 is 17.6 Å². The van der Waals surface area contributed by atoms with Gasteiger partial charge in [-0.25, -0.2) is 19.3 Å². The van der Waals surface area contributed by atoms with Crippen LogP contribution in [0.2, 0.25) is 0 Å². The zero-order valence-electron chi connectivity index (χ0n) is 17.2. The zero-order chi connectivity index (χ0) is 22.1. The Morgan fingerprint density at radius 2 is 2.00 bits per heavy atom. The van der Waals surface area contributed by atoms with E-state index in [1.807, 2.05) is 0 Å². The van der Waals surface area contributed by atoms with Gasteiger partial charge in [-0.2, -0.15) is 0 Å². The first kappa shape index (κ1) is 20.4. The molecule has 3 aromatic rings. The van der Waals surface area contributed by atoms with Gasteiger partial charge in [0, 0.05) is 25.0 Å². The van der Waals surface area contributed by atoms with Crippen molar-refractivity contribution in [1.29, 1.82) is 0 Å². The monoisotopic (exact) mass is 421 g/mol. The van der Waals surface area contributed by atoms with E-state index in [-0.39, 0.29) is 23.9 Å². The molecule has 3 heterocycles. The van der Waals surface area contributed by atoms with Gasteiger partial charge < -0.3 is 10.1 Å². The molecule has 1 N–H and O–H groups in total. The average Bonchev–Trinajstić information content (AvgIpc) is 2.88. The summed E-state index contributed by atoms with van der Waals surface area (Å²) in [7, 11) is 1.56. The largest absolute Gasteiger partial charge is 0.487 e. The lowest BCUT2D eigenvalue weighted by Gasteiger charge is -2.19. The molecule has 1 aromatic carbocycles. The van der Waals surface area contributed by atoms with Gasteiger partial charge in [0.15, 0.2) is 11.6 Å². The van der Waals surface area contributed by atoms with Crippen LogP contribution in [0.3, 0.4) is 0 Å². The predicted octanol–water partition coefficient (Wildman–Crippen LogP) is 2.45. The smallest absolute Gasteiger partial charge is 0.289 e. The molecule has 2 amide bonds. The summed E-state index contributed by atoms with van der Waals surface area (Å²) in [5.41, 5.74) is 1.69. The number of rotatable bonds is 3. The number of nitrogens with zero attached hydrogens (tertiary/aromatic N) is 4. The number of hydrogen-bond acceptors (Lipinski definition) is 6. The molecule has 1 atom stereocenters. The Hall–Kier alpha value is -3.88. The van der Waals surface area contributed by atoms with Crippen LogP contribution >= 0.6 is 0 Å². The summed E-state index contributed by atoms with van der Waals surface area (Å²) in [4.78, 5) is 39.5. The van der Waals surface area contributed by atoms with Crippen LogP contribution in [0.15, 0.2) is 42.7 Å². The second kappa shape index (κ2) is 8.10. The molecule has 0 spiro atoms. The first-order chi connectivity index (χ1) is 14.9.